The molecule has 0 fully saturated rings. The summed E-state index contributed by atoms with van der Waals surface area (Å²) in [5, 5.41) is 3.13. The van der Waals surface area contributed by atoms with E-state index in [9.17, 15) is 4.79 Å². The third kappa shape index (κ3) is 10.2. The summed E-state index contributed by atoms with van der Waals surface area (Å²) in [7, 11) is 6.93. The highest BCUT2D eigenvalue weighted by molar-refractivity contribution is 5.86. The Hall–Kier alpha value is -3.19. The molecular formula is C29H44N2O5. The van der Waals surface area contributed by atoms with Gasteiger partial charge in [0, 0.05) is 31.3 Å². The molecule has 0 saturated carbocycles. The molecule has 36 heavy (non-hydrogen) atoms. The van der Waals surface area contributed by atoms with E-state index in [2.05, 4.69) is 45.7 Å². The number of benzene rings is 2. The molecule has 0 heterocycles. The van der Waals surface area contributed by atoms with Gasteiger partial charge in [0.05, 0.1) is 27.4 Å². The van der Waals surface area contributed by atoms with Gasteiger partial charge in [-0.05, 0) is 37.1 Å². The zero-order valence-electron chi connectivity index (χ0n) is 23.2. The molecule has 2 aromatic rings. The molecule has 7 heteroatoms. The number of rotatable bonds is 13. The summed E-state index contributed by atoms with van der Waals surface area (Å²) >= 11 is 0. The van der Waals surface area contributed by atoms with E-state index in [0.29, 0.717) is 43.1 Å². The molecule has 0 spiro atoms. The van der Waals surface area contributed by atoms with Crippen molar-refractivity contribution in [1.29, 1.82) is 0 Å². The van der Waals surface area contributed by atoms with Crippen molar-refractivity contribution < 1.29 is 23.7 Å². The van der Waals surface area contributed by atoms with Crippen LogP contribution < -0.4 is 24.3 Å². The molecule has 0 unspecified atom stereocenters. The van der Waals surface area contributed by atoms with Crippen molar-refractivity contribution in [3.05, 3.63) is 60.2 Å². The fourth-order valence-corrected chi connectivity index (χ4v) is 3.22. The number of amides is 1. The first kappa shape index (κ1) is 30.8. The Morgan fingerprint density at radius 2 is 1.39 bits per heavy atom. The highest BCUT2D eigenvalue weighted by Crippen LogP contribution is 2.33. The number of ether oxygens (including phenoxy) is 4. The number of carbonyl (C=O) groups is 1. The van der Waals surface area contributed by atoms with Crippen molar-refractivity contribution in [3.8, 4) is 23.0 Å². The minimum Gasteiger partial charge on any atom is -0.493 e. The van der Waals surface area contributed by atoms with Crippen LogP contribution >= 0.6 is 0 Å². The van der Waals surface area contributed by atoms with Crippen molar-refractivity contribution in [1.82, 2.24) is 10.2 Å². The van der Waals surface area contributed by atoms with Crippen LogP contribution in [0, 0.1) is 11.8 Å². The van der Waals surface area contributed by atoms with E-state index in [1.165, 1.54) is 6.08 Å². The fraction of sp³-hybridized carbons (Fsp3) is 0.483. The standard InChI is InChI=1S/C16H23NO3.C13H21NO2/c1-6-15(18)17(4)10-13-8-7-9-14(19-5)16(13)20-11-12(2)3;1-10(2)9-16-13-11(8-14-3)6-5-7-12(13)15-4/h6-9,12H,1,10-11H2,2-5H3;5-7,10,14H,8-9H2,1-4H3. The summed E-state index contributed by atoms with van der Waals surface area (Å²) in [5.74, 6) is 3.84. The molecule has 1 N–H and O–H groups in total. The Labute approximate surface area is 217 Å². The van der Waals surface area contributed by atoms with Gasteiger partial charge in [-0.2, -0.15) is 0 Å². The lowest BCUT2D eigenvalue weighted by molar-refractivity contribution is -0.125. The zero-order chi connectivity index (χ0) is 27.1. The highest BCUT2D eigenvalue weighted by Gasteiger charge is 2.15. The number of hydrogen-bond donors (Lipinski definition) is 1. The van der Waals surface area contributed by atoms with Gasteiger partial charge < -0.3 is 29.2 Å². The first-order valence-corrected chi connectivity index (χ1v) is 12.3. The summed E-state index contributed by atoms with van der Waals surface area (Å²) in [6, 6.07) is 11.6. The maximum Gasteiger partial charge on any atom is 0.245 e. The van der Waals surface area contributed by atoms with Crippen molar-refractivity contribution in [2.24, 2.45) is 11.8 Å². The maximum absolute atomic E-state index is 11.6. The summed E-state index contributed by atoms with van der Waals surface area (Å²) in [5.41, 5.74) is 2.05. The number of para-hydroxylation sites is 2. The number of methoxy groups -OCH3 is 2. The van der Waals surface area contributed by atoms with Crippen molar-refractivity contribution >= 4 is 5.91 Å². The molecular weight excluding hydrogens is 456 g/mol. The van der Waals surface area contributed by atoms with Crippen molar-refractivity contribution in [2.75, 3.05) is 41.5 Å². The first-order chi connectivity index (χ1) is 17.2. The predicted octanol–water partition coefficient (Wildman–Crippen LogP) is 5.32. The van der Waals surface area contributed by atoms with Gasteiger partial charge in [-0.3, -0.25) is 4.79 Å². The van der Waals surface area contributed by atoms with Crippen LogP contribution in [-0.4, -0.2) is 52.3 Å². The van der Waals surface area contributed by atoms with Crippen LogP contribution in [-0.2, 0) is 17.9 Å². The molecule has 0 aliphatic rings. The second-order valence-corrected chi connectivity index (χ2v) is 9.24. The van der Waals surface area contributed by atoms with Gasteiger partial charge in [-0.25, -0.2) is 0 Å². The molecule has 0 aliphatic heterocycles. The molecule has 2 rings (SSSR count). The SMILES string of the molecule is C=CC(=O)N(C)Cc1cccc(OC)c1OCC(C)C.CNCc1cccc(OC)c1OCC(C)C. The summed E-state index contributed by atoms with van der Waals surface area (Å²) < 4.78 is 22.3. The molecule has 0 aromatic heterocycles. The summed E-state index contributed by atoms with van der Waals surface area (Å²) in [4.78, 5) is 13.2. The van der Waals surface area contributed by atoms with Crippen LogP contribution in [0.1, 0.15) is 38.8 Å². The lowest BCUT2D eigenvalue weighted by Gasteiger charge is -2.20. The Balaban J connectivity index is 0.000000369. The zero-order valence-corrected chi connectivity index (χ0v) is 23.2. The van der Waals surface area contributed by atoms with Crippen LogP contribution in [0.25, 0.3) is 0 Å². The van der Waals surface area contributed by atoms with Gasteiger partial charge in [0.15, 0.2) is 23.0 Å². The van der Waals surface area contributed by atoms with Gasteiger partial charge in [-0.1, -0.05) is 58.5 Å². The number of hydrogen-bond acceptors (Lipinski definition) is 6. The normalized spacial score (nSPS) is 10.4. The van der Waals surface area contributed by atoms with Gasteiger partial charge >= 0.3 is 0 Å². The summed E-state index contributed by atoms with van der Waals surface area (Å²) in [6.45, 7) is 14.5. The Morgan fingerprint density at radius 3 is 1.81 bits per heavy atom. The highest BCUT2D eigenvalue weighted by atomic mass is 16.5. The van der Waals surface area contributed by atoms with E-state index in [0.717, 1.165) is 29.2 Å². The van der Waals surface area contributed by atoms with E-state index in [1.807, 2.05) is 37.4 Å². The Bertz CT molecular complexity index is 943. The first-order valence-electron chi connectivity index (χ1n) is 12.3. The third-order valence-electron chi connectivity index (χ3n) is 5.01. The Morgan fingerprint density at radius 1 is 0.917 bits per heavy atom. The lowest BCUT2D eigenvalue weighted by Crippen LogP contribution is -2.24. The van der Waals surface area contributed by atoms with E-state index in [4.69, 9.17) is 18.9 Å². The molecule has 2 aromatic carbocycles. The average Bonchev–Trinajstić information content (AvgIpc) is 2.86. The van der Waals surface area contributed by atoms with Crippen molar-refractivity contribution in [2.45, 2.75) is 40.8 Å². The fourth-order valence-electron chi connectivity index (χ4n) is 3.22. The second kappa shape index (κ2) is 16.5. The van der Waals surface area contributed by atoms with Crippen molar-refractivity contribution in [3.63, 3.8) is 0 Å². The van der Waals surface area contributed by atoms with Gasteiger partial charge in [0.25, 0.3) is 0 Å². The minimum atomic E-state index is -0.123. The number of nitrogens with one attached hydrogen (secondary N) is 1. The quantitative estimate of drug-likeness (QED) is 0.375. The van der Waals surface area contributed by atoms with E-state index >= 15 is 0 Å². The maximum atomic E-state index is 11.6. The molecule has 0 aliphatic carbocycles. The molecule has 0 radical (unpaired) electrons. The minimum absolute atomic E-state index is 0.123. The van der Waals surface area contributed by atoms with Gasteiger partial charge in [0.2, 0.25) is 5.91 Å². The molecule has 0 atom stereocenters. The largest absolute Gasteiger partial charge is 0.493 e. The average molecular weight is 501 g/mol. The van der Waals surface area contributed by atoms with Crippen LogP contribution in [0.3, 0.4) is 0 Å². The van der Waals surface area contributed by atoms with Gasteiger partial charge in [0.1, 0.15) is 0 Å². The van der Waals surface area contributed by atoms with E-state index in [1.54, 1.807) is 26.2 Å². The van der Waals surface area contributed by atoms with E-state index < -0.39 is 0 Å². The molecule has 7 nitrogen and oxygen atoms in total. The second-order valence-electron chi connectivity index (χ2n) is 9.24. The number of likely N-dealkylation sites (N-methyl/N-ethyl adjacent to an activating group) is 1. The monoisotopic (exact) mass is 500 g/mol. The topological polar surface area (TPSA) is 69.3 Å². The smallest absolute Gasteiger partial charge is 0.245 e. The summed E-state index contributed by atoms with van der Waals surface area (Å²) in [6.07, 6.45) is 1.30. The van der Waals surface area contributed by atoms with Crippen LogP contribution in [0.2, 0.25) is 0 Å². The van der Waals surface area contributed by atoms with Gasteiger partial charge in [-0.15, -0.1) is 0 Å². The third-order valence-corrected chi connectivity index (χ3v) is 5.01. The number of carbonyl (C=O) groups excluding carboxylic acids is 1. The Kier molecular flexibility index (Phi) is 14.1. The lowest BCUT2D eigenvalue weighted by atomic mass is 10.1. The van der Waals surface area contributed by atoms with Crippen LogP contribution in [0.15, 0.2) is 49.1 Å². The predicted molar refractivity (Wildman–Crippen MR) is 146 cm³/mol. The molecule has 0 saturated heterocycles. The molecule has 200 valence electrons. The van der Waals surface area contributed by atoms with Crippen LogP contribution in [0.4, 0.5) is 0 Å². The van der Waals surface area contributed by atoms with E-state index in [-0.39, 0.29) is 5.91 Å². The molecule has 0 bridgehead atoms. The molecule has 1 amide bonds. The number of nitrogens with zero attached hydrogens (tertiary/aromatic N) is 1. The van der Waals surface area contributed by atoms with Crippen LogP contribution in [0.5, 0.6) is 23.0 Å².